The number of benzene rings is 1. The van der Waals surface area contributed by atoms with Crippen LogP contribution in [0.1, 0.15) is 43.4 Å². The molecule has 1 aromatic heterocycles. The summed E-state index contributed by atoms with van der Waals surface area (Å²) in [4.78, 5) is 30.3. The molecule has 3 rings (SSSR count). The molecule has 1 aliphatic heterocycles. The van der Waals surface area contributed by atoms with Crippen LogP contribution in [-0.4, -0.2) is 52.3 Å². The predicted molar refractivity (Wildman–Crippen MR) is 113 cm³/mol. The van der Waals surface area contributed by atoms with E-state index in [1.807, 2.05) is 0 Å². The van der Waals surface area contributed by atoms with Crippen molar-refractivity contribution in [2.45, 2.75) is 46.4 Å². The molecule has 0 bridgehead atoms. The Morgan fingerprint density at radius 2 is 2.03 bits per heavy atom. The van der Waals surface area contributed by atoms with Crippen LogP contribution in [0.25, 0.3) is 11.4 Å². The van der Waals surface area contributed by atoms with E-state index < -0.39 is 34.9 Å². The molecule has 1 atom stereocenters. The molecule has 0 fully saturated rings. The number of carbonyl (C=O) groups excluding carboxylic acids is 2. The van der Waals surface area contributed by atoms with E-state index in [-0.39, 0.29) is 25.5 Å². The Morgan fingerprint density at radius 3 is 2.69 bits per heavy atom. The van der Waals surface area contributed by atoms with Gasteiger partial charge < -0.3 is 25.0 Å². The lowest BCUT2D eigenvalue weighted by Gasteiger charge is -2.30. The molecule has 32 heavy (non-hydrogen) atoms. The minimum absolute atomic E-state index is 0.0648. The van der Waals surface area contributed by atoms with Crippen molar-refractivity contribution in [2.24, 2.45) is 5.41 Å². The lowest BCUT2D eigenvalue weighted by atomic mass is 9.86. The quantitative estimate of drug-likeness (QED) is 0.624. The summed E-state index contributed by atoms with van der Waals surface area (Å²) >= 11 is 0. The number of nitrogens with zero attached hydrogens (tertiary/aromatic N) is 2. The topological polar surface area (TPSA) is 105 Å². The molecule has 8 nitrogen and oxygen atoms in total. The van der Waals surface area contributed by atoms with E-state index >= 15 is 0 Å². The van der Waals surface area contributed by atoms with Crippen molar-refractivity contribution in [2.75, 3.05) is 19.8 Å². The van der Waals surface area contributed by atoms with Crippen LogP contribution in [0.5, 0.6) is 0 Å². The van der Waals surface area contributed by atoms with Gasteiger partial charge in [-0.1, -0.05) is 20.8 Å². The average Bonchev–Trinajstić information content (AvgIpc) is 2.92. The first kappa shape index (κ1) is 23.8. The molecule has 0 aliphatic carbocycles. The van der Waals surface area contributed by atoms with Gasteiger partial charge in [-0.25, -0.2) is 13.8 Å². The van der Waals surface area contributed by atoms with Crippen molar-refractivity contribution < 1.29 is 28.2 Å². The number of imidazole rings is 1. The number of aliphatic hydroxyl groups is 1. The molecular formula is C22H28F2N4O4. The highest BCUT2D eigenvalue weighted by atomic mass is 19.2. The maximum absolute atomic E-state index is 13.9. The number of ether oxygens (including phenoxy) is 1. The van der Waals surface area contributed by atoms with Crippen LogP contribution in [0.2, 0.25) is 0 Å². The Labute approximate surface area is 185 Å². The number of halogens is 2. The Balaban J connectivity index is 1.99. The number of hydrogen-bond donors (Lipinski definition) is 3. The standard InChI is InChI=1S/C22H28F2N4O4/c1-22(2,3)18(21(31)25-7-9-29)27-20(30)17-16-12-32-10-4-8-28(16)19(26-17)13-5-6-14(23)15(24)11-13/h5-6,11,18,29H,4,7-10,12H2,1-3H3,(H,25,31)(H,27,30). The zero-order valence-corrected chi connectivity index (χ0v) is 18.4. The van der Waals surface area contributed by atoms with Crippen LogP contribution in [0.3, 0.4) is 0 Å². The van der Waals surface area contributed by atoms with Crippen molar-refractivity contribution in [1.82, 2.24) is 20.2 Å². The van der Waals surface area contributed by atoms with Gasteiger partial charge in [0.05, 0.1) is 18.9 Å². The van der Waals surface area contributed by atoms with Gasteiger partial charge in [-0.05, 0) is 30.0 Å². The molecule has 1 aromatic carbocycles. The Hall–Kier alpha value is -2.85. The zero-order chi connectivity index (χ0) is 23.5. The molecule has 2 aromatic rings. The molecule has 0 radical (unpaired) electrons. The summed E-state index contributed by atoms with van der Waals surface area (Å²) in [7, 11) is 0. The van der Waals surface area contributed by atoms with Gasteiger partial charge in [0.25, 0.3) is 5.91 Å². The average molecular weight is 450 g/mol. The number of rotatable bonds is 6. The van der Waals surface area contributed by atoms with E-state index in [2.05, 4.69) is 15.6 Å². The van der Waals surface area contributed by atoms with E-state index in [4.69, 9.17) is 9.84 Å². The first-order chi connectivity index (χ1) is 15.1. The summed E-state index contributed by atoms with van der Waals surface area (Å²) in [5.41, 5.74) is 0.281. The second-order valence-electron chi connectivity index (χ2n) is 8.70. The number of aliphatic hydroxyl groups excluding tert-OH is 1. The largest absolute Gasteiger partial charge is 0.395 e. The number of aromatic nitrogens is 2. The third kappa shape index (κ3) is 5.13. The van der Waals surface area contributed by atoms with Crippen molar-refractivity contribution in [3.05, 3.63) is 41.2 Å². The molecular weight excluding hydrogens is 422 g/mol. The maximum Gasteiger partial charge on any atom is 0.272 e. The number of amides is 2. The summed E-state index contributed by atoms with van der Waals surface area (Å²) in [6.45, 7) is 6.35. The minimum Gasteiger partial charge on any atom is -0.395 e. The van der Waals surface area contributed by atoms with Crippen molar-refractivity contribution in [1.29, 1.82) is 0 Å². The summed E-state index contributed by atoms with van der Waals surface area (Å²) < 4.78 is 34.7. The van der Waals surface area contributed by atoms with Crippen LogP contribution >= 0.6 is 0 Å². The van der Waals surface area contributed by atoms with E-state index in [1.54, 1.807) is 25.3 Å². The fourth-order valence-electron chi connectivity index (χ4n) is 3.56. The monoisotopic (exact) mass is 450 g/mol. The molecule has 10 heteroatoms. The van der Waals surface area contributed by atoms with Gasteiger partial charge in [-0.2, -0.15) is 0 Å². The maximum atomic E-state index is 13.9. The SMILES string of the molecule is CC(C)(C)C(NC(=O)c1nc(-c2ccc(F)c(F)c2)n2c1COCCC2)C(=O)NCCO. The Kier molecular flexibility index (Phi) is 7.25. The fourth-order valence-corrected chi connectivity index (χ4v) is 3.56. The smallest absolute Gasteiger partial charge is 0.272 e. The van der Waals surface area contributed by atoms with Crippen LogP contribution in [-0.2, 0) is 22.7 Å². The summed E-state index contributed by atoms with van der Waals surface area (Å²) in [5.74, 6) is -2.66. The molecule has 0 spiro atoms. The van der Waals surface area contributed by atoms with Gasteiger partial charge in [0, 0.05) is 25.3 Å². The number of fused-ring (bicyclic) bond motifs is 1. The van der Waals surface area contributed by atoms with E-state index in [0.717, 1.165) is 12.1 Å². The van der Waals surface area contributed by atoms with Crippen LogP contribution < -0.4 is 10.6 Å². The van der Waals surface area contributed by atoms with Gasteiger partial charge in [-0.15, -0.1) is 0 Å². The Bertz CT molecular complexity index is 1000. The summed E-state index contributed by atoms with van der Waals surface area (Å²) in [5, 5.41) is 14.3. The zero-order valence-electron chi connectivity index (χ0n) is 18.4. The molecule has 1 aliphatic rings. The third-order valence-electron chi connectivity index (χ3n) is 5.19. The lowest BCUT2D eigenvalue weighted by molar-refractivity contribution is -0.125. The first-order valence-electron chi connectivity index (χ1n) is 10.5. The lowest BCUT2D eigenvalue weighted by Crippen LogP contribution is -2.54. The van der Waals surface area contributed by atoms with Gasteiger partial charge in [0.1, 0.15) is 11.9 Å². The van der Waals surface area contributed by atoms with Gasteiger partial charge in [0.15, 0.2) is 17.3 Å². The highest BCUT2D eigenvalue weighted by Crippen LogP contribution is 2.27. The first-order valence-corrected chi connectivity index (χ1v) is 10.5. The second-order valence-corrected chi connectivity index (χ2v) is 8.70. The normalized spacial score (nSPS) is 14.9. The number of carbonyl (C=O) groups is 2. The third-order valence-corrected chi connectivity index (χ3v) is 5.19. The van der Waals surface area contributed by atoms with Gasteiger partial charge in [0.2, 0.25) is 5.91 Å². The van der Waals surface area contributed by atoms with E-state index in [0.29, 0.717) is 36.7 Å². The molecule has 3 N–H and O–H groups in total. The van der Waals surface area contributed by atoms with Crippen molar-refractivity contribution >= 4 is 11.8 Å². The Morgan fingerprint density at radius 1 is 1.28 bits per heavy atom. The van der Waals surface area contributed by atoms with Gasteiger partial charge >= 0.3 is 0 Å². The fraction of sp³-hybridized carbons (Fsp3) is 0.500. The van der Waals surface area contributed by atoms with Crippen molar-refractivity contribution in [3.63, 3.8) is 0 Å². The minimum atomic E-state index is -1.01. The molecule has 1 unspecified atom stereocenters. The van der Waals surface area contributed by atoms with E-state index in [1.165, 1.54) is 6.07 Å². The van der Waals surface area contributed by atoms with Crippen LogP contribution in [0, 0.1) is 17.0 Å². The molecule has 0 saturated heterocycles. The van der Waals surface area contributed by atoms with Crippen LogP contribution in [0.15, 0.2) is 18.2 Å². The molecule has 2 amide bonds. The predicted octanol–water partition coefficient (Wildman–Crippen LogP) is 2.00. The van der Waals surface area contributed by atoms with Crippen LogP contribution in [0.4, 0.5) is 8.78 Å². The van der Waals surface area contributed by atoms with Gasteiger partial charge in [-0.3, -0.25) is 9.59 Å². The molecule has 2 heterocycles. The second kappa shape index (κ2) is 9.74. The summed E-state index contributed by atoms with van der Waals surface area (Å²) in [6.07, 6.45) is 0.662. The molecule has 0 saturated carbocycles. The van der Waals surface area contributed by atoms with Crippen molar-refractivity contribution in [3.8, 4) is 11.4 Å². The molecule has 174 valence electrons. The highest BCUT2D eigenvalue weighted by molar-refractivity contribution is 5.97. The van der Waals surface area contributed by atoms with E-state index in [9.17, 15) is 18.4 Å². The highest BCUT2D eigenvalue weighted by Gasteiger charge is 2.35. The number of nitrogens with one attached hydrogen (secondary N) is 2. The number of hydrogen-bond acceptors (Lipinski definition) is 5. The summed E-state index contributed by atoms with van der Waals surface area (Å²) in [6, 6.07) is 2.57.